The molecule has 1 aromatic heterocycles. The van der Waals surface area contributed by atoms with Gasteiger partial charge < -0.3 is 5.73 Å². The molecule has 0 saturated heterocycles. The van der Waals surface area contributed by atoms with Crippen molar-refractivity contribution in [3.05, 3.63) is 40.1 Å². The number of rotatable bonds is 1. The maximum Gasteiger partial charge on any atom is 0.416 e. The minimum atomic E-state index is -4.39. The monoisotopic (exact) mass is 319 g/mol. The summed E-state index contributed by atoms with van der Waals surface area (Å²) in [6, 6.07) is 3.38. The molecule has 0 radical (unpaired) electrons. The fourth-order valence-electron chi connectivity index (χ4n) is 1.58. The predicted molar refractivity (Wildman–Crippen MR) is 65.4 cm³/mol. The second-order valence-electron chi connectivity index (χ2n) is 3.77. The lowest BCUT2D eigenvalue weighted by atomic mass is 10.2. The van der Waals surface area contributed by atoms with Crippen LogP contribution in [0.5, 0.6) is 0 Å². The van der Waals surface area contributed by atoms with E-state index < -0.39 is 11.7 Å². The van der Waals surface area contributed by atoms with Crippen molar-refractivity contribution in [2.75, 3.05) is 5.73 Å². The SMILES string of the molecule is Cc1cn(-c2cc(C(F)(F)F)ccc2Br)c(N)n1. The zero-order chi connectivity index (χ0) is 13.5. The molecular weight excluding hydrogens is 311 g/mol. The van der Waals surface area contributed by atoms with Crippen LogP contribution in [0.2, 0.25) is 0 Å². The summed E-state index contributed by atoms with van der Waals surface area (Å²) < 4.78 is 39.9. The molecule has 96 valence electrons. The van der Waals surface area contributed by atoms with E-state index in [-0.39, 0.29) is 5.95 Å². The van der Waals surface area contributed by atoms with Gasteiger partial charge in [-0.15, -0.1) is 0 Å². The molecule has 0 spiro atoms. The third-order valence-electron chi connectivity index (χ3n) is 2.39. The van der Waals surface area contributed by atoms with E-state index in [9.17, 15) is 13.2 Å². The summed E-state index contributed by atoms with van der Waals surface area (Å²) in [4.78, 5) is 3.96. The highest BCUT2D eigenvalue weighted by Crippen LogP contribution is 2.33. The van der Waals surface area contributed by atoms with Crippen LogP contribution in [-0.4, -0.2) is 9.55 Å². The standard InChI is InChI=1S/C11H9BrF3N3/c1-6-5-18(10(16)17-6)9-4-7(11(13,14)15)2-3-8(9)12/h2-5H,1H3,(H2,16,17). The molecule has 2 N–H and O–H groups in total. The van der Waals surface area contributed by atoms with Gasteiger partial charge in [0, 0.05) is 10.7 Å². The van der Waals surface area contributed by atoms with Crippen LogP contribution in [0.25, 0.3) is 5.69 Å². The highest BCUT2D eigenvalue weighted by molar-refractivity contribution is 9.10. The van der Waals surface area contributed by atoms with Gasteiger partial charge in [0.2, 0.25) is 5.95 Å². The van der Waals surface area contributed by atoms with Crippen molar-refractivity contribution in [3.63, 3.8) is 0 Å². The summed E-state index contributed by atoms with van der Waals surface area (Å²) in [5, 5.41) is 0. The quantitative estimate of drug-likeness (QED) is 0.873. The number of alkyl halides is 3. The van der Waals surface area contributed by atoms with Crippen LogP contribution in [0.15, 0.2) is 28.9 Å². The Bertz CT molecular complexity index is 590. The van der Waals surface area contributed by atoms with Crippen molar-refractivity contribution >= 4 is 21.9 Å². The number of anilines is 1. The molecule has 3 nitrogen and oxygen atoms in total. The van der Waals surface area contributed by atoms with Gasteiger partial charge >= 0.3 is 6.18 Å². The molecule has 0 aliphatic carbocycles. The van der Waals surface area contributed by atoms with Crippen molar-refractivity contribution in [2.24, 2.45) is 0 Å². The molecular formula is C11H9BrF3N3. The fraction of sp³-hybridized carbons (Fsp3) is 0.182. The Morgan fingerprint density at radius 3 is 2.50 bits per heavy atom. The molecule has 1 heterocycles. The number of benzene rings is 1. The van der Waals surface area contributed by atoms with Crippen LogP contribution < -0.4 is 5.73 Å². The highest BCUT2D eigenvalue weighted by atomic mass is 79.9. The van der Waals surface area contributed by atoms with Crippen LogP contribution >= 0.6 is 15.9 Å². The second-order valence-corrected chi connectivity index (χ2v) is 4.63. The van der Waals surface area contributed by atoms with Crippen LogP contribution in [0.4, 0.5) is 19.1 Å². The first-order valence-corrected chi connectivity index (χ1v) is 5.77. The Hall–Kier alpha value is -1.50. The number of nitrogen functional groups attached to an aromatic ring is 1. The number of aryl methyl sites for hydroxylation is 1. The van der Waals surface area contributed by atoms with Gasteiger partial charge in [-0.25, -0.2) is 4.98 Å². The van der Waals surface area contributed by atoms with Crippen molar-refractivity contribution in [1.82, 2.24) is 9.55 Å². The van der Waals surface area contributed by atoms with E-state index in [0.29, 0.717) is 15.9 Å². The van der Waals surface area contributed by atoms with Crippen LogP contribution in [0, 0.1) is 6.92 Å². The van der Waals surface area contributed by atoms with E-state index in [0.717, 1.165) is 12.1 Å². The van der Waals surface area contributed by atoms with Gasteiger partial charge in [-0.2, -0.15) is 13.2 Å². The van der Waals surface area contributed by atoms with Gasteiger partial charge in [-0.3, -0.25) is 4.57 Å². The molecule has 0 bridgehead atoms. The largest absolute Gasteiger partial charge is 0.416 e. The Labute approximate surface area is 110 Å². The van der Waals surface area contributed by atoms with Crippen LogP contribution in [0.3, 0.4) is 0 Å². The topological polar surface area (TPSA) is 43.8 Å². The molecule has 2 rings (SSSR count). The van der Waals surface area contributed by atoms with Crippen molar-refractivity contribution < 1.29 is 13.2 Å². The Kier molecular flexibility index (Phi) is 3.10. The second kappa shape index (κ2) is 4.31. The number of nitrogens with two attached hydrogens (primary N) is 1. The maximum absolute atomic E-state index is 12.6. The summed E-state index contributed by atoms with van der Waals surface area (Å²) in [5.74, 6) is 0.146. The minimum absolute atomic E-state index is 0.146. The maximum atomic E-state index is 12.6. The van der Waals surface area contributed by atoms with E-state index in [2.05, 4.69) is 20.9 Å². The first kappa shape index (κ1) is 12.9. The molecule has 18 heavy (non-hydrogen) atoms. The predicted octanol–water partition coefficient (Wildman–Crippen LogP) is 3.54. The van der Waals surface area contributed by atoms with E-state index >= 15 is 0 Å². The van der Waals surface area contributed by atoms with E-state index in [1.807, 2.05) is 0 Å². The van der Waals surface area contributed by atoms with Gasteiger partial charge in [-0.05, 0) is 41.1 Å². The summed E-state index contributed by atoms with van der Waals surface area (Å²) in [6.07, 6.45) is -2.81. The Morgan fingerprint density at radius 1 is 1.33 bits per heavy atom. The molecule has 0 unspecified atom stereocenters. The summed E-state index contributed by atoms with van der Waals surface area (Å²) in [7, 11) is 0. The van der Waals surface area contributed by atoms with Crippen LogP contribution in [0.1, 0.15) is 11.3 Å². The summed E-state index contributed by atoms with van der Waals surface area (Å²) in [6.45, 7) is 1.72. The third-order valence-corrected chi connectivity index (χ3v) is 3.06. The minimum Gasteiger partial charge on any atom is -0.369 e. The average molecular weight is 320 g/mol. The number of aromatic nitrogens is 2. The van der Waals surface area contributed by atoms with Gasteiger partial charge in [0.1, 0.15) is 0 Å². The van der Waals surface area contributed by atoms with Crippen LogP contribution in [-0.2, 0) is 6.18 Å². The zero-order valence-electron chi connectivity index (χ0n) is 9.29. The number of nitrogens with zero attached hydrogens (tertiary/aromatic N) is 2. The van der Waals surface area contributed by atoms with Crippen molar-refractivity contribution in [1.29, 1.82) is 0 Å². The first-order chi connectivity index (χ1) is 8.29. The summed E-state index contributed by atoms with van der Waals surface area (Å²) in [5.41, 5.74) is 5.87. The van der Waals surface area contributed by atoms with Gasteiger partial charge in [0.25, 0.3) is 0 Å². The van der Waals surface area contributed by atoms with Crippen molar-refractivity contribution in [3.8, 4) is 5.69 Å². The third kappa shape index (κ3) is 2.35. The average Bonchev–Trinajstić information content (AvgIpc) is 2.56. The first-order valence-electron chi connectivity index (χ1n) is 4.97. The van der Waals surface area contributed by atoms with Crippen molar-refractivity contribution in [2.45, 2.75) is 13.1 Å². The van der Waals surface area contributed by atoms with Gasteiger partial charge in [0.15, 0.2) is 0 Å². The number of halogens is 4. The molecule has 1 aromatic carbocycles. The molecule has 7 heteroatoms. The number of imidazole rings is 1. The number of hydrogen-bond acceptors (Lipinski definition) is 2. The van der Waals surface area contributed by atoms with E-state index in [1.165, 1.54) is 10.6 Å². The number of hydrogen-bond donors (Lipinski definition) is 1. The molecule has 2 aromatic rings. The molecule has 0 atom stereocenters. The molecule has 0 fully saturated rings. The van der Waals surface area contributed by atoms with Gasteiger partial charge in [-0.1, -0.05) is 0 Å². The molecule has 0 aliphatic rings. The van der Waals surface area contributed by atoms with E-state index in [4.69, 9.17) is 5.73 Å². The fourth-order valence-corrected chi connectivity index (χ4v) is 2.02. The Balaban J connectivity index is 2.60. The van der Waals surface area contributed by atoms with E-state index in [1.54, 1.807) is 13.1 Å². The summed E-state index contributed by atoms with van der Waals surface area (Å²) >= 11 is 3.21. The highest BCUT2D eigenvalue weighted by Gasteiger charge is 2.31. The van der Waals surface area contributed by atoms with Gasteiger partial charge in [0.05, 0.1) is 16.9 Å². The normalized spacial score (nSPS) is 11.8. The lowest BCUT2D eigenvalue weighted by Crippen LogP contribution is -2.07. The zero-order valence-corrected chi connectivity index (χ0v) is 10.9. The molecule has 0 saturated carbocycles. The lowest BCUT2D eigenvalue weighted by Gasteiger charge is -2.12. The Morgan fingerprint density at radius 2 is 2.00 bits per heavy atom. The lowest BCUT2D eigenvalue weighted by molar-refractivity contribution is -0.137. The molecule has 0 aliphatic heterocycles. The smallest absolute Gasteiger partial charge is 0.369 e. The molecule has 0 amide bonds.